The standard InChI is InChI=1S/C31H28ClN3O5/c32-26-7-2-1-6-25(26)29(37)35-28(31(39)40)17-20-8-12-21(13-9-20)22-4-3-5-23(18-22)34-30(38)27(33)16-19-10-14-24(36)15-11-19/h1-15,18,27-28,36H,16-17,33H2,(H,34,38)(H,35,37)(H,39,40)/t27-,28-/m0/s1. The number of carbonyl (C=O) groups is 3. The third kappa shape index (κ3) is 7.47. The van der Waals surface area contributed by atoms with Gasteiger partial charge in [-0.15, -0.1) is 0 Å². The van der Waals surface area contributed by atoms with Gasteiger partial charge in [0.25, 0.3) is 5.91 Å². The maximum atomic E-state index is 12.6. The van der Waals surface area contributed by atoms with Crippen LogP contribution >= 0.6 is 11.6 Å². The van der Waals surface area contributed by atoms with E-state index in [-0.39, 0.29) is 28.7 Å². The molecule has 0 bridgehead atoms. The lowest BCUT2D eigenvalue weighted by molar-refractivity contribution is -0.139. The number of carboxylic acids is 1. The molecule has 4 aromatic carbocycles. The molecule has 0 saturated carbocycles. The molecule has 0 aliphatic heterocycles. The van der Waals surface area contributed by atoms with Crippen molar-refractivity contribution in [2.75, 3.05) is 5.32 Å². The monoisotopic (exact) mass is 557 g/mol. The predicted octanol–water partition coefficient (Wildman–Crippen LogP) is 4.65. The lowest BCUT2D eigenvalue weighted by Gasteiger charge is -2.16. The summed E-state index contributed by atoms with van der Waals surface area (Å²) in [5.74, 6) is -1.90. The predicted molar refractivity (Wildman–Crippen MR) is 154 cm³/mol. The lowest BCUT2D eigenvalue weighted by atomic mass is 10.00. The molecule has 0 heterocycles. The summed E-state index contributed by atoms with van der Waals surface area (Å²) in [6, 6.07) is 25.7. The van der Waals surface area contributed by atoms with Crippen LogP contribution in [0.15, 0.2) is 97.1 Å². The molecule has 0 spiro atoms. The maximum absolute atomic E-state index is 12.6. The van der Waals surface area contributed by atoms with Crippen LogP contribution in [0.5, 0.6) is 5.75 Å². The van der Waals surface area contributed by atoms with Crippen molar-refractivity contribution in [3.8, 4) is 16.9 Å². The molecular formula is C31H28ClN3O5. The number of aromatic hydroxyl groups is 1. The summed E-state index contributed by atoms with van der Waals surface area (Å²) in [5.41, 5.74) is 10.1. The molecule has 40 heavy (non-hydrogen) atoms. The second kappa shape index (κ2) is 12.9. The summed E-state index contributed by atoms with van der Waals surface area (Å²) in [6.45, 7) is 0. The van der Waals surface area contributed by atoms with Crippen LogP contribution in [0.3, 0.4) is 0 Å². The summed E-state index contributed by atoms with van der Waals surface area (Å²) in [7, 11) is 0. The Balaban J connectivity index is 1.39. The van der Waals surface area contributed by atoms with Crippen LogP contribution in [0, 0.1) is 0 Å². The smallest absolute Gasteiger partial charge is 0.326 e. The minimum Gasteiger partial charge on any atom is -0.508 e. The molecule has 0 aromatic heterocycles. The first-order chi connectivity index (χ1) is 19.2. The van der Waals surface area contributed by atoms with E-state index in [4.69, 9.17) is 17.3 Å². The van der Waals surface area contributed by atoms with E-state index in [0.717, 1.165) is 22.3 Å². The van der Waals surface area contributed by atoms with E-state index in [1.54, 1.807) is 60.7 Å². The lowest BCUT2D eigenvalue weighted by Crippen LogP contribution is -2.42. The van der Waals surface area contributed by atoms with Gasteiger partial charge in [0.1, 0.15) is 11.8 Å². The summed E-state index contributed by atoms with van der Waals surface area (Å²) in [4.78, 5) is 37.0. The summed E-state index contributed by atoms with van der Waals surface area (Å²) in [5, 5.41) is 24.7. The number of aliphatic carboxylic acids is 1. The highest BCUT2D eigenvalue weighted by molar-refractivity contribution is 6.33. The highest BCUT2D eigenvalue weighted by Gasteiger charge is 2.22. The number of hydrogen-bond acceptors (Lipinski definition) is 5. The van der Waals surface area contributed by atoms with Crippen LogP contribution in [0.25, 0.3) is 11.1 Å². The number of carbonyl (C=O) groups excluding carboxylic acids is 2. The number of anilines is 1. The molecule has 2 atom stereocenters. The van der Waals surface area contributed by atoms with Crippen molar-refractivity contribution in [2.24, 2.45) is 5.73 Å². The normalized spacial score (nSPS) is 12.2. The Morgan fingerprint density at radius 3 is 2.12 bits per heavy atom. The Morgan fingerprint density at radius 1 is 0.800 bits per heavy atom. The molecule has 204 valence electrons. The van der Waals surface area contributed by atoms with Crippen LogP contribution in [0.2, 0.25) is 5.02 Å². The molecule has 9 heteroatoms. The molecule has 8 nitrogen and oxygen atoms in total. The van der Waals surface area contributed by atoms with Crippen molar-refractivity contribution in [3.05, 3.63) is 119 Å². The molecule has 4 aromatic rings. The van der Waals surface area contributed by atoms with Crippen LogP contribution in [-0.2, 0) is 22.4 Å². The number of rotatable bonds is 10. The van der Waals surface area contributed by atoms with Crippen molar-refractivity contribution in [1.82, 2.24) is 5.32 Å². The number of carboxylic acid groups (broad SMARTS) is 1. The molecule has 0 aliphatic rings. The zero-order chi connectivity index (χ0) is 28.6. The molecule has 6 N–H and O–H groups in total. The van der Waals surface area contributed by atoms with E-state index in [9.17, 15) is 24.6 Å². The number of nitrogens with two attached hydrogens (primary N) is 1. The van der Waals surface area contributed by atoms with Crippen LogP contribution < -0.4 is 16.4 Å². The third-order valence-corrected chi connectivity index (χ3v) is 6.64. The Morgan fingerprint density at radius 2 is 1.45 bits per heavy atom. The van der Waals surface area contributed by atoms with Gasteiger partial charge >= 0.3 is 5.97 Å². The highest BCUT2D eigenvalue weighted by atomic mass is 35.5. The van der Waals surface area contributed by atoms with Gasteiger partial charge in [-0.1, -0.05) is 72.3 Å². The average Bonchev–Trinajstić information content (AvgIpc) is 2.94. The van der Waals surface area contributed by atoms with Crippen LogP contribution in [-0.4, -0.2) is 40.1 Å². The molecule has 0 saturated heterocycles. The summed E-state index contributed by atoms with van der Waals surface area (Å²) < 4.78 is 0. The van der Waals surface area contributed by atoms with Crippen molar-refractivity contribution in [3.63, 3.8) is 0 Å². The Labute approximate surface area is 236 Å². The average molecular weight is 558 g/mol. The number of phenolic OH excluding ortho intramolecular Hbond substituents is 1. The number of halogens is 1. The van der Waals surface area contributed by atoms with Crippen molar-refractivity contribution in [1.29, 1.82) is 0 Å². The van der Waals surface area contributed by atoms with Gasteiger partial charge in [0.05, 0.1) is 16.6 Å². The topological polar surface area (TPSA) is 142 Å². The SMILES string of the molecule is N[C@@H](Cc1ccc(O)cc1)C(=O)Nc1cccc(-c2ccc(C[C@H](NC(=O)c3ccccc3Cl)C(=O)O)cc2)c1. The van der Waals surface area contributed by atoms with Crippen molar-refractivity contribution >= 4 is 35.1 Å². The van der Waals surface area contributed by atoms with Crippen LogP contribution in [0.1, 0.15) is 21.5 Å². The number of phenols is 1. The van der Waals surface area contributed by atoms with Gasteiger partial charge in [-0.2, -0.15) is 0 Å². The van der Waals surface area contributed by atoms with Gasteiger partial charge in [-0.05, 0) is 65.1 Å². The molecule has 0 radical (unpaired) electrons. The van der Waals surface area contributed by atoms with Gasteiger partial charge in [0.15, 0.2) is 0 Å². The van der Waals surface area contributed by atoms with Crippen LogP contribution in [0.4, 0.5) is 5.69 Å². The first-order valence-corrected chi connectivity index (χ1v) is 12.9. The number of amides is 2. The molecular weight excluding hydrogens is 530 g/mol. The Kier molecular flexibility index (Phi) is 9.16. The number of nitrogens with one attached hydrogen (secondary N) is 2. The zero-order valence-corrected chi connectivity index (χ0v) is 22.1. The molecule has 4 rings (SSSR count). The Bertz CT molecular complexity index is 1510. The minimum absolute atomic E-state index is 0.0841. The fraction of sp³-hybridized carbons (Fsp3) is 0.129. The molecule has 0 unspecified atom stereocenters. The first kappa shape index (κ1) is 28.4. The van der Waals surface area contributed by atoms with Gasteiger partial charge in [0, 0.05) is 12.1 Å². The quantitative estimate of drug-likeness (QED) is 0.192. The van der Waals surface area contributed by atoms with E-state index in [2.05, 4.69) is 10.6 Å². The zero-order valence-electron chi connectivity index (χ0n) is 21.4. The largest absolute Gasteiger partial charge is 0.508 e. The fourth-order valence-corrected chi connectivity index (χ4v) is 4.36. The number of benzene rings is 4. The Hall–Kier alpha value is -4.66. The second-order valence-electron chi connectivity index (χ2n) is 9.29. The van der Waals surface area contributed by atoms with Crippen molar-refractivity contribution in [2.45, 2.75) is 24.9 Å². The maximum Gasteiger partial charge on any atom is 0.326 e. The molecule has 0 fully saturated rings. The number of hydrogen-bond donors (Lipinski definition) is 5. The third-order valence-electron chi connectivity index (χ3n) is 6.31. The van der Waals surface area contributed by atoms with E-state index >= 15 is 0 Å². The highest BCUT2D eigenvalue weighted by Crippen LogP contribution is 2.24. The summed E-state index contributed by atoms with van der Waals surface area (Å²) >= 11 is 6.06. The van der Waals surface area contributed by atoms with E-state index in [0.29, 0.717) is 12.1 Å². The fourth-order valence-electron chi connectivity index (χ4n) is 4.14. The minimum atomic E-state index is -1.16. The molecule has 0 aliphatic carbocycles. The van der Waals surface area contributed by atoms with Gasteiger partial charge in [-0.3, -0.25) is 9.59 Å². The molecule has 2 amide bonds. The van der Waals surface area contributed by atoms with E-state index in [1.165, 1.54) is 6.07 Å². The van der Waals surface area contributed by atoms with Gasteiger partial charge in [0.2, 0.25) is 5.91 Å². The van der Waals surface area contributed by atoms with Gasteiger partial charge < -0.3 is 26.6 Å². The van der Waals surface area contributed by atoms with Crippen molar-refractivity contribution < 1.29 is 24.6 Å². The first-order valence-electron chi connectivity index (χ1n) is 12.5. The second-order valence-corrected chi connectivity index (χ2v) is 9.70. The summed E-state index contributed by atoms with van der Waals surface area (Å²) in [6.07, 6.45) is 0.407. The van der Waals surface area contributed by atoms with E-state index < -0.39 is 24.0 Å². The van der Waals surface area contributed by atoms with Gasteiger partial charge in [-0.25, -0.2) is 4.79 Å². The van der Waals surface area contributed by atoms with E-state index in [1.807, 2.05) is 30.3 Å².